The van der Waals surface area contributed by atoms with E-state index < -0.39 is 6.10 Å². The SMILES string of the molecule is CC[C@@H](O)c1ccccc1OCCCc1ccccc1. The molecule has 0 aliphatic heterocycles. The minimum Gasteiger partial charge on any atom is -0.493 e. The number of aliphatic hydroxyl groups excluding tert-OH is 1. The first kappa shape index (κ1) is 14.6. The van der Waals surface area contributed by atoms with Crippen molar-refractivity contribution in [2.75, 3.05) is 6.61 Å². The zero-order valence-electron chi connectivity index (χ0n) is 12.0. The van der Waals surface area contributed by atoms with Gasteiger partial charge >= 0.3 is 0 Å². The van der Waals surface area contributed by atoms with Gasteiger partial charge in [-0.25, -0.2) is 0 Å². The van der Waals surface area contributed by atoms with Crippen LogP contribution in [0.4, 0.5) is 0 Å². The van der Waals surface area contributed by atoms with E-state index in [0.29, 0.717) is 13.0 Å². The highest BCUT2D eigenvalue weighted by atomic mass is 16.5. The van der Waals surface area contributed by atoms with E-state index in [1.165, 1.54) is 5.56 Å². The molecule has 0 saturated carbocycles. The maximum Gasteiger partial charge on any atom is 0.125 e. The molecule has 2 aromatic carbocycles. The van der Waals surface area contributed by atoms with Gasteiger partial charge < -0.3 is 9.84 Å². The molecule has 106 valence electrons. The van der Waals surface area contributed by atoms with Crippen LogP contribution in [0.15, 0.2) is 54.6 Å². The summed E-state index contributed by atoms with van der Waals surface area (Å²) in [4.78, 5) is 0. The summed E-state index contributed by atoms with van der Waals surface area (Å²) in [5.74, 6) is 0.801. The van der Waals surface area contributed by atoms with E-state index in [1.807, 2.05) is 37.3 Å². The number of para-hydroxylation sites is 1. The summed E-state index contributed by atoms with van der Waals surface area (Å²) in [5, 5.41) is 9.96. The molecule has 0 spiro atoms. The first-order chi connectivity index (χ1) is 9.81. The van der Waals surface area contributed by atoms with E-state index in [1.54, 1.807) is 0 Å². The standard InChI is InChI=1S/C18H22O2/c1-2-17(19)16-12-6-7-13-18(16)20-14-8-11-15-9-4-3-5-10-15/h3-7,9-10,12-13,17,19H,2,8,11,14H2,1H3/t17-/m1/s1. The van der Waals surface area contributed by atoms with E-state index in [-0.39, 0.29) is 0 Å². The summed E-state index contributed by atoms with van der Waals surface area (Å²) in [7, 11) is 0. The third-order valence-corrected chi connectivity index (χ3v) is 3.37. The van der Waals surface area contributed by atoms with Crippen LogP contribution in [-0.4, -0.2) is 11.7 Å². The van der Waals surface area contributed by atoms with Crippen LogP contribution in [0.25, 0.3) is 0 Å². The molecule has 0 fully saturated rings. The van der Waals surface area contributed by atoms with Gasteiger partial charge in [-0.05, 0) is 30.9 Å². The van der Waals surface area contributed by atoms with Crippen LogP contribution in [-0.2, 0) is 6.42 Å². The lowest BCUT2D eigenvalue weighted by Gasteiger charge is -2.14. The van der Waals surface area contributed by atoms with Crippen LogP contribution in [0, 0.1) is 0 Å². The topological polar surface area (TPSA) is 29.5 Å². The Kier molecular flexibility index (Phi) is 5.63. The summed E-state index contributed by atoms with van der Waals surface area (Å²) in [6.45, 7) is 2.64. The molecular formula is C18H22O2. The van der Waals surface area contributed by atoms with Crippen LogP contribution >= 0.6 is 0 Å². The van der Waals surface area contributed by atoms with E-state index >= 15 is 0 Å². The van der Waals surface area contributed by atoms with E-state index in [0.717, 1.165) is 24.2 Å². The van der Waals surface area contributed by atoms with Crippen molar-refractivity contribution in [2.45, 2.75) is 32.3 Å². The molecule has 1 atom stereocenters. The van der Waals surface area contributed by atoms with Crippen molar-refractivity contribution in [1.29, 1.82) is 0 Å². The molecule has 0 radical (unpaired) electrons. The lowest BCUT2D eigenvalue weighted by atomic mass is 10.1. The normalized spacial score (nSPS) is 12.1. The van der Waals surface area contributed by atoms with Gasteiger partial charge in [-0.2, -0.15) is 0 Å². The van der Waals surface area contributed by atoms with Gasteiger partial charge in [0.05, 0.1) is 12.7 Å². The Bertz CT molecular complexity index is 508. The van der Waals surface area contributed by atoms with Crippen LogP contribution in [0.5, 0.6) is 5.75 Å². The summed E-state index contributed by atoms with van der Waals surface area (Å²) in [6, 6.07) is 18.2. The number of rotatable bonds is 7. The second-order valence-corrected chi connectivity index (χ2v) is 4.90. The second-order valence-electron chi connectivity index (χ2n) is 4.90. The molecule has 0 aliphatic carbocycles. The molecule has 0 saturated heterocycles. The van der Waals surface area contributed by atoms with E-state index in [4.69, 9.17) is 4.74 Å². The molecule has 2 rings (SSSR count). The summed E-state index contributed by atoms with van der Waals surface area (Å²) in [6.07, 6.45) is 2.24. The van der Waals surface area contributed by atoms with Crippen molar-refractivity contribution in [3.05, 3.63) is 65.7 Å². The first-order valence-corrected chi connectivity index (χ1v) is 7.25. The maximum atomic E-state index is 9.96. The van der Waals surface area contributed by atoms with Gasteiger partial charge in [0, 0.05) is 5.56 Å². The lowest BCUT2D eigenvalue weighted by Crippen LogP contribution is -2.04. The molecule has 0 unspecified atom stereocenters. The average Bonchev–Trinajstić information content (AvgIpc) is 2.52. The second kappa shape index (κ2) is 7.71. The van der Waals surface area contributed by atoms with Crippen molar-refractivity contribution in [3.63, 3.8) is 0 Å². The van der Waals surface area contributed by atoms with Crippen molar-refractivity contribution in [2.24, 2.45) is 0 Å². The molecule has 20 heavy (non-hydrogen) atoms. The molecule has 0 amide bonds. The minimum atomic E-state index is -0.444. The van der Waals surface area contributed by atoms with E-state index in [2.05, 4.69) is 24.3 Å². The Morgan fingerprint density at radius 3 is 2.45 bits per heavy atom. The molecule has 0 aromatic heterocycles. The third kappa shape index (κ3) is 4.10. The summed E-state index contributed by atoms with van der Waals surface area (Å²) < 4.78 is 5.82. The van der Waals surface area contributed by atoms with Crippen molar-refractivity contribution < 1.29 is 9.84 Å². The van der Waals surface area contributed by atoms with Crippen molar-refractivity contribution in [1.82, 2.24) is 0 Å². The fourth-order valence-electron chi connectivity index (χ4n) is 2.21. The average molecular weight is 270 g/mol. The predicted molar refractivity (Wildman–Crippen MR) is 82.0 cm³/mol. The highest BCUT2D eigenvalue weighted by Crippen LogP contribution is 2.26. The molecule has 2 aromatic rings. The van der Waals surface area contributed by atoms with Crippen molar-refractivity contribution >= 4 is 0 Å². The van der Waals surface area contributed by atoms with Gasteiger partial charge in [-0.1, -0.05) is 55.5 Å². The monoisotopic (exact) mass is 270 g/mol. The van der Waals surface area contributed by atoms with Crippen LogP contribution in [0.1, 0.15) is 37.0 Å². The molecule has 2 nitrogen and oxygen atoms in total. The largest absolute Gasteiger partial charge is 0.493 e. The summed E-state index contributed by atoms with van der Waals surface area (Å²) >= 11 is 0. The number of hydrogen-bond donors (Lipinski definition) is 1. The van der Waals surface area contributed by atoms with Gasteiger partial charge in [-0.15, -0.1) is 0 Å². The fourth-order valence-corrected chi connectivity index (χ4v) is 2.21. The minimum absolute atomic E-state index is 0.444. The molecule has 0 heterocycles. The maximum absolute atomic E-state index is 9.96. The molecular weight excluding hydrogens is 248 g/mol. The Labute approximate surface area is 121 Å². The van der Waals surface area contributed by atoms with Gasteiger partial charge in [0.1, 0.15) is 5.75 Å². The fraction of sp³-hybridized carbons (Fsp3) is 0.333. The smallest absolute Gasteiger partial charge is 0.125 e. The van der Waals surface area contributed by atoms with Gasteiger partial charge in [0.2, 0.25) is 0 Å². The van der Waals surface area contributed by atoms with Gasteiger partial charge in [0.25, 0.3) is 0 Å². The predicted octanol–water partition coefficient (Wildman–Crippen LogP) is 4.14. The Morgan fingerprint density at radius 2 is 1.70 bits per heavy atom. The Morgan fingerprint density at radius 1 is 1.00 bits per heavy atom. The highest BCUT2D eigenvalue weighted by molar-refractivity contribution is 5.35. The highest BCUT2D eigenvalue weighted by Gasteiger charge is 2.10. The van der Waals surface area contributed by atoms with E-state index in [9.17, 15) is 5.11 Å². The zero-order chi connectivity index (χ0) is 14.2. The van der Waals surface area contributed by atoms with Crippen LogP contribution < -0.4 is 4.74 Å². The molecule has 2 heteroatoms. The summed E-state index contributed by atoms with van der Waals surface area (Å²) in [5.41, 5.74) is 2.22. The number of hydrogen-bond acceptors (Lipinski definition) is 2. The lowest BCUT2D eigenvalue weighted by molar-refractivity contribution is 0.167. The van der Waals surface area contributed by atoms with Crippen molar-refractivity contribution in [3.8, 4) is 5.75 Å². The Balaban J connectivity index is 1.85. The number of aryl methyl sites for hydroxylation is 1. The van der Waals surface area contributed by atoms with Gasteiger partial charge in [-0.3, -0.25) is 0 Å². The number of ether oxygens (including phenoxy) is 1. The first-order valence-electron chi connectivity index (χ1n) is 7.25. The zero-order valence-corrected chi connectivity index (χ0v) is 12.0. The van der Waals surface area contributed by atoms with Crippen LogP contribution in [0.2, 0.25) is 0 Å². The molecule has 0 bridgehead atoms. The molecule has 1 N–H and O–H groups in total. The third-order valence-electron chi connectivity index (χ3n) is 3.37. The number of benzene rings is 2. The van der Waals surface area contributed by atoms with Crippen LogP contribution in [0.3, 0.4) is 0 Å². The van der Waals surface area contributed by atoms with Gasteiger partial charge in [0.15, 0.2) is 0 Å². The molecule has 0 aliphatic rings. The quantitative estimate of drug-likeness (QED) is 0.766. The Hall–Kier alpha value is -1.80. The number of aliphatic hydroxyl groups is 1.